The van der Waals surface area contributed by atoms with Crippen molar-refractivity contribution in [2.75, 3.05) is 0 Å². The van der Waals surface area contributed by atoms with Gasteiger partial charge in [-0.25, -0.2) is 14.5 Å². The highest BCUT2D eigenvalue weighted by molar-refractivity contribution is 7.59. The Morgan fingerprint density at radius 1 is 1.21 bits per heavy atom. The van der Waals surface area contributed by atoms with E-state index in [1.54, 1.807) is 16.8 Å². The lowest BCUT2D eigenvalue weighted by Crippen LogP contribution is -2.18. The summed E-state index contributed by atoms with van der Waals surface area (Å²) in [6.45, 7) is 1.91. The molecule has 0 aliphatic carbocycles. The average Bonchev–Trinajstić information content (AvgIpc) is 3.29. The van der Waals surface area contributed by atoms with Crippen LogP contribution in [0.15, 0.2) is 47.7 Å². The Morgan fingerprint density at radius 2 is 1.93 bits per heavy atom. The number of rotatable bonds is 4. The summed E-state index contributed by atoms with van der Waals surface area (Å²) in [6, 6.07) is 7.08. The Morgan fingerprint density at radius 3 is 2.57 bits per heavy atom. The van der Waals surface area contributed by atoms with Gasteiger partial charge >= 0.3 is 5.97 Å². The molecule has 0 unspecified atom stereocenters. The van der Waals surface area contributed by atoms with Crippen LogP contribution in [0.2, 0.25) is 5.02 Å². The average molecular weight is 419 g/mol. The van der Waals surface area contributed by atoms with Crippen molar-refractivity contribution in [3.63, 3.8) is 0 Å². The molecule has 0 saturated heterocycles. The van der Waals surface area contributed by atoms with Crippen molar-refractivity contribution in [1.82, 2.24) is 29.5 Å². The van der Waals surface area contributed by atoms with Gasteiger partial charge in [-0.05, 0) is 24.6 Å². The first-order valence-corrected chi connectivity index (χ1v) is 8.33. The van der Waals surface area contributed by atoms with Gasteiger partial charge in [0.1, 0.15) is 5.52 Å². The molecule has 0 aliphatic heterocycles. The zero-order valence-corrected chi connectivity index (χ0v) is 16.3. The highest BCUT2D eigenvalue weighted by Gasteiger charge is 2.17. The number of halogens is 1. The number of carboxylic acid groups (broad SMARTS) is 1. The number of aromatic nitrogens is 6. The largest absolute Gasteiger partial charge is 0.478 e. The molecule has 1 atom stereocenters. The molecule has 11 heteroatoms. The highest BCUT2D eigenvalue weighted by Crippen LogP contribution is 2.22. The third-order valence-corrected chi connectivity index (χ3v) is 4.46. The van der Waals surface area contributed by atoms with E-state index in [0.29, 0.717) is 16.1 Å². The molecule has 4 aromatic rings. The van der Waals surface area contributed by atoms with Crippen molar-refractivity contribution in [1.29, 1.82) is 0 Å². The Kier molecular flexibility index (Phi) is 5.25. The van der Waals surface area contributed by atoms with Crippen molar-refractivity contribution in [3.8, 4) is 5.95 Å². The third-order valence-electron chi connectivity index (χ3n) is 4.21. The Hall–Kier alpha value is -3.11. The second kappa shape index (κ2) is 7.49. The number of nitrogens with one attached hydrogen (secondary N) is 1. The van der Waals surface area contributed by atoms with Crippen LogP contribution in [0.4, 0.5) is 0 Å². The summed E-state index contributed by atoms with van der Waals surface area (Å²) in [7, 11) is 0. The second-order valence-corrected chi connectivity index (χ2v) is 6.36. The summed E-state index contributed by atoms with van der Waals surface area (Å²) in [4.78, 5) is 30.6. The Bertz CT molecular complexity index is 1210. The predicted octanol–water partition coefficient (Wildman–Crippen LogP) is 2.38. The van der Waals surface area contributed by atoms with Crippen molar-refractivity contribution in [2.24, 2.45) is 0 Å². The molecule has 0 fully saturated rings. The predicted molar refractivity (Wildman–Crippen MR) is 108 cm³/mol. The van der Waals surface area contributed by atoms with Crippen LogP contribution in [0.5, 0.6) is 0 Å². The van der Waals surface area contributed by atoms with Gasteiger partial charge in [0.25, 0.3) is 5.56 Å². The zero-order chi connectivity index (χ0) is 19.1. The van der Waals surface area contributed by atoms with E-state index in [1.807, 2.05) is 19.1 Å². The number of hydrogen-bond acceptors (Lipinski definition) is 5. The summed E-state index contributed by atoms with van der Waals surface area (Å²) in [5.74, 6) is -1.01. The first-order chi connectivity index (χ1) is 12.9. The van der Waals surface area contributed by atoms with Crippen LogP contribution in [0.3, 0.4) is 0 Å². The van der Waals surface area contributed by atoms with Gasteiger partial charge in [0.05, 0.1) is 24.0 Å². The normalized spacial score (nSPS) is 11.9. The van der Waals surface area contributed by atoms with E-state index in [9.17, 15) is 9.59 Å². The molecule has 4 rings (SSSR count). The molecule has 3 aromatic heterocycles. The molecular formula is C17H15ClN6O3S. The number of carbonyl (C=O) groups is 1. The maximum absolute atomic E-state index is 12.7. The van der Waals surface area contributed by atoms with Crippen LogP contribution in [-0.2, 0) is 0 Å². The minimum atomic E-state index is -1.12. The van der Waals surface area contributed by atoms with Crippen LogP contribution in [0, 0.1) is 0 Å². The van der Waals surface area contributed by atoms with Gasteiger partial charge in [0.15, 0.2) is 5.52 Å². The molecule has 0 bridgehead atoms. The molecule has 2 N–H and O–H groups in total. The van der Waals surface area contributed by atoms with E-state index < -0.39 is 11.5 Å². The molecule has 0 aliphatic rings. The summed E-state index contributed by atoms with van der Waals surface area (Å²) >= 11 is 5.93. The molecule has 0 saturated carbocycles. The van der Waals surface area contributed by atoms with Crippen LogP contribution >= 0.6 is 25.1 Å². The van der Waals surface area contributed by atoms with Crippen LogP contribution in [0.1, 0.15) is 28.9 Å². The van der Waals surface area contributed by atoms with Gasteiger partial charge in [0.2, 0.25) is 5.95 Å². The summed E-state index contributed by atoms with van der Waals surface area (Å²) in [5.41, 5.74) is 1.21. The second-order valence-electron chi connectivity index (χ2n) is 5.92. The lowest BCUT2D eigenvalue weighted by molar-refractivity contribution is 0.0697. The molecule has 9 nitrogen and oxygen atoms in total. The van der Waals surface area contributed by atoms with Crippen molar-refractivity contribution in [2.45, 2.75) is 13.0 Å². The summed E-state index contributed by atoms with van der Waals surface area (Å²) < 4.78 is 2.78. The van der Waals surface area contributed by atoms with Gasteiger partial charge in [-0.15, -0.1) is 0 Å². The third kappa shape index (κ3) is 3.39. The van der Waals surface area contributed by atoms with Gasteiger partial charge in [0, 0.05) is 11.2 Å². The molecule has 144 valence electrons. The standard InChI is InChI=1S/C17H13ClN6O3.H2S/c1-9(10-2-4-12(18)5-3-10)24-14-13(7-20-24)21-17(22-15(14)25)23-8-11(6-19-23)16(26)27;/h2-9H,1H3,(H,26,27)(H,21,22,25);1H2/t9-;/m0./s1. The number of hydrogen-bond donors (Lipinski definition) is 2. The fourth-order valence-electron chi connectivity index (χ4n) is 2.79. The topological polar surface area (TPSA) is 119 Å². The van der Waals surface area contributed by atoms with E-state index in [4.69, 9.17) is 16.7 Å². The SMILES string of the molecule is C[C@@H](c1ccc(Cl)cc1)n1ncc2nc(-n3cc(C(=O)O)cn3)[nH]c(=O)c21.S. The van der Waals surface area contributed by atoms with Crippen LogP contribution in [0.25, 0.3) is 17.0 Å². The van der Waals surface area contributed by atoms with E-state index in [0.717, 1.165) is 5.56 Å². The first-order valence-electron chi connectivity index (χ1n) is 7.95. The van der Waals surface area contributed by atoms with Crippen molar-refractivity contribution < 1.29 is 9.90 Å². The number of aromatic amines is 1. The smallest absolute Gasteiger partial charge is 0.338 e. The number of H-pyrrole nitrogens is 1. The van der Waals surface area contributed by atoms with E-state index in [-0.39, 0.29) is 31.0 Å². The van der Waals surface area contributed by atoms with Crippen LogP contribution in [-0.4, -0.2) is 40.6 Å². The number of carboxylic acids is 1. The van der Waals surface area contributed by atoms with E-state index in [1.165, 1.54) is 23.3 Å². The molecule has 1 aromatic carbocycles. The van der Waals surface area contributed by atoms with Crippen LogP contribution < -0.4 is 5.56 Å². The van der Waals surface area contributed by atoms with Gasteiger partial charge in [-0.1, -0.05) is 23.7 Å². The molecule has 0 amide bonds. The molecule has 0 radical (unpaired) electrons. The Labute approximate surface area is 170 Å². The minimum absolute atomic E-state index is 0. The van der Waals surface area contributed by atoms with Gasteiger partial charge in [-0.2, -0.15) is 23.7 Å². The molecular weight excluding hydrogens is 404 g/mol. The van der Waals surface area contributed by atoms with E-state index >= 15 is 0 Å². The monoisotopic (exact) mass is 418 g/mol. The fraction of sp³-hybridized carbons (Fsp3) is 0.118. The first kappa shape index (κ1) is 19.6. The molecule has 28 heavy (non-hydrogen) atoms. The summed E-state index contributed by atoms with van der Waals surface area (Å²) in [5, 5.41) is 17.8. The quantitative estimate of drug-likeness (QED) is 0.525. The highest BCUT2D eigenvalue weighted by atomic mass is 35.5. The molecule has 3 heterocycles. The van der Waals surface area contributed by atoms with Crippen molar-refractivity contribution >= 4 is 42.1 Å². The van der Waals surface area contributed by atoms with E-state index in [2.05, 4.69) is 20.2 Å². The maximum atomic E-state index is 12.7. The van der Waals surface area contributed by atoms with Gasteiger partial charge in [-0.3, -0.25) is 14.5 Å². The number of benzene rings is 1. The van der Waals surface area contributed by atoms with Crippen molar-refractivity contribution in [3.05, 3.63) is 69.4 Å². The minimum Gasteiger partial charge on any atom is -0.478 e. The number of nitrogens with zero attached hydrogens (tertiary/aromatic N) is 5. The number of aromatic carboxylic acids is 1. The lowest BCUT2D eigenvalue weighted by atomic mass is 10.1. The Balaban J connectivity index is 0.00000225. The van der Waals surface area contributed by atoms with Gasteiger partial charge < -0.3 is 5.11 Å². The zero-order valence-electron chi connectivity index (χ0n) is 14.5. The summed E-state index contributed by atoms with van der Waals surface area (Å²) in [6.07, 6.45) is 3.94. The maximum Gasteiger partial charge on any atom is 0.338 e. The lowest BCUT2D eigenvalue weighted by Gasteiger charge is -2.13. The number of fused-ring (bicyclic) bond motifs is 1. The molecule has 0 spiro atoms. The fourth-order valence-corrected chi connectivity index (χ4v) is 2.92.